The summed E-state index contributed by atoms with van der Waals surface area (Å²) in [4.78, 5) is 20.0. The number of hydrogen-bond acceptors (Lipinski definition) is 4. The Labute approximate surface area is 123 Å². The van der Waals surface area contributed by atoms with Crippen LogP contribution in [0.2, 0.25) is 0 Å². The van der Waals surface area contributed by atoms with Crippen molar-refractivity contribution in [2.75, 3.05) is 19.3 Å². The molecule has 1 amide bonds. The maximum Gasteiger partial charge on any atom is 0.265 e. The van der Waals surface area contributed by atoms with Gasteiger partial charge in [-0.05, 0) is 24.5 Å². The number of fused-ring (bicyclic) bond motifs is 1. The van der Waals surface area contributed by atoms with Gasteiger partial charge in [-0.15, -0.1) is 11.3 Å². The summed E-state index contributed by atoms with van der Waals surface area (Å²) in [6.07, 6.45) is 2.81. The summed E-state index contributed by atoms with van der Waals surface area (Å²) in [7, 11) is 1.83. The monoisotopic (exact) mass is 291 g/mol. The third-order valence-corrected chi connectivity index (χ3v) is 4.76. The van der Waals surface area contributed by atoms with Gasteiger partial charge in [-0.2, -0.15) is 0 Å². The number of thiophene rings is 1. The highest BCUT2D eigenvalue weighted by Gasteiger charge is 2.21. The maximum absolute atomic E-state index is 12.5. The Balaban J connectivity index is 2.36. The average molecular weight is 291 g/mol. The molecule has 0 radical (unpaired) electrons. The smallest absolute Gasteiger partial charge is 0.265 e. The standard InChI is InChI=1S/C15H21N3OS/c1-5-9(2)8-18(4)15(19)13-12(16)11-10(3)6-7-17-14(11)20-13/h6-7,9H,5,8,16H2,1-4H3. The molecule has 2 heterocycles. The second-order valence-corrected chi connectivity index (χ2v) is 6.35. The van der Waals surface area contributed by atoms with E-state index < -0.39 is 0 Å². The normalized spacial score (nSPS) is 12.6. The minimum absolute atomic E-state index is 0.00907. The predicted molar refractivity (Wildman–Crippen MR) is 85.2 cm³/mol. The molecule has 0 aliphatic carbocycles. The van der Waals surface area contributed by atoms with Crippen LogP contribution < -0.4 is 5.73 Å². The van der Waals surface area contributed by atoms with Gasteiger partial charge in [0.15, 0.2) is 0 Å². The van der Waals surface area contributed by atoms with Gasteiger partial charge in [-0.1, -0.05) is 20.3 Å². The van der Waals surface area contributed by atoms with Crippen LogP contribution in [0, 0.1) is 12.8 Å². The number of carbonyl (C=O) groups excluding carboxylic acids is 1. The zero-order valence-corrected chi connectivity index (χ0v) is 13.3. The van der Waals surface area contributed by atoms with Crippen LogP contribution in [0.15, 0.2) is 12.3 Å². The van der Waals surface area contributed by atoms with Gasteiger partial charge < -0.3 is 10.6 Å². The summed E-state index contributed by atoms with van der Waals surface area (Å²) < 4.78 is 0. The van der Waals surface area contributed by atoms with E-state index in [0.29, 0.717) is 16.5 Å². The van der Waals surface area contributed by atoms with E-state index in [1.165, 1.54) is 11.3 Å². The molecule has 0 aliphatic rings. The Morgan fingerprint density at radius 1 is 1.55 bits per heavy atom. The molecular formula is C15H21N3OS. The average Bonchev–Trinajstić information content (AvgIpc) is 2.76. The summed E-state index contributed by atoms with van der Waals surface area (Å²) in [6.45, 7) is 7.01. The molecule has 108 valence electrons. The van der Waals surface area contributed by atoms with E-state index >= 15 is 0 Å². The Bertz CT molecular complexity index is 635. The quantitative estimate of drug-likeness (QED) is 0.940. The highest BCUT2D eigenvalue weighted by Crippen LogP contribution is 2.34. The van der Waals surface area contributed by atoms with E-state index in [1.54, 1.807) is 11.1 Å². The number of anilines is 1. The number of nitrogens with zero attached hydrogens (tertiary/aromatic N) is 2. The number of nitrogens with two attached hydrogens (primary N) is 1. The van der Waals surface area contributed by atoms with Gasteiger partial charge in [-0.3, -0.25) is 4.79 Å². The largest absolute Gasteiger partial charge is 0.397 e. The minimum atomic E-state index is -0.00907. The van der Waals surface area contributed by atoms with E-state index in [4.69, 9.17) is 5.73 Å². The van der Waals surface area contributed by atoms with Gasteiger partial charge in [0.25, 0.3) is 5.91 Å². The molecule has 0 fully saturated rings. The van der Waals surface area contributed by atoms with Crippen molar-refractivity contribution in [3.63, 3.8) is 0 Å². The predicted octanol–water partition coefficient (Wildman–Crippen LogP) is 3.31. The fraction of sp³-hybridized carbons (Fsp3) is 0.467. The first kappa shape index (κ1) is 14.8. The van der Waals surface area contributed by atoms with Gasteiger partial charge in [0.1, 0.15) is 9.71 Å². The second-order valence-electron chi connectivity index (χ2n) is 5.35. The molecule has 4 nitrogen and oxygen atoms in total. The number of pyridine rings is 1. The first-order chi connectivity index (χ1) is 9.45. The topological polar surface area (TPSA) is 59.2 Å². The minimum Gasteiger partial charge on any atom is -0.397 e. The summed E-state index contributed by atoms with van der Waals surface area (Å²) in [5.41, 5.74) is 7.79. The number of nitrogen functional groups attached to an aromatic ring is 1. The lowest BCUT2D eigenvalue weighted by molar-refractivity contribution is 0.0780. The first-order valence-electron chi connectivity index (χ1n) is 6.84. The van der Waals surface area contributed by atoms with E-state index in [2.05, 4.69) is 18.8 Å². The third-order valence-electron chi connectivity index (χ3n) is 3.66. The van der Waals surface area contributed by atoms with E-state index in [1.807, 2.05) is 20.0 Å². The lowest BCUT2D eigenvalue weighted by atomic mass is 10.1. The number of hydrogen-bond donors (Lipinski definition) is 1. The molecule has 2 aromatic rings. The van der Waals surface area contributed by atoms with Gasteiger partial charge in [0.2, 0.25) is 0 Å². The lowest BCUT2D eigenvalue weighted by Gasteiger charge is -2.20. The van der Waals surface area contributed by atoms with Gasteiger partial charge >= 0.3 is 0 Å². The molecule has 0 aromatic carbocycles. The molecule has 1 unspecified atom stereocenters. The lowest BCUT2D eigenvalue weighted by Crippen LogP contribution is -2.30. The van der Waals surface area contributed by atoms with Crippen LogP contribution in [-0.2, 0) is 0 Å². The highest BCUT2D eigenvalue weighted by atomic mass is 32.1. The summed E-state index contributed by atoms with van der Waals surface area (Å²) in [5, 5.41) is 0.915. The van der Waals surface area contributed by atoms with Crippen molar-refractivity contribution in [1.29, 1.82) is 0 Å². The Hall–Kier alpha value is -1.62. The molecule has 0 saturated heterocycles. The molecule has 0 spiro atoms. The van der Waals surface area contributed by atoms with Crippen LogP contribution in [0.3, 0.4) is 0 Å². The molecule has 2 aromatic heterocycles. The molecule has 1 atom stereocenters. The third kappa shape index (κ3) is 2.63. The van der Waals surface area contributed by atoms with Gasteiger partial charge in [0, 0.05) is 25.2 Å². The fourth-order valence-corrected chi connectivity index (χ4v) is 3.35. The number of carbonyl (C=O) groups is 1. The van der Waals surface area contributed by atoms with Crippen molar-refractivity contribution in [3.8, 4) is 0 Å². The molecule has 5 heteroatoms. The van der Waals surface area contributed by atoms with Crippen molar-refractivity contribution in [2.45, 2.75) is 27.2 Å². The zero-order chi connectivity index (χ0) is 14.9. The van der Waals surface area contributed by atoms with Crippen LogP contribution >= 0.6 is 11.3 Å². The van der Waals surface area contributed by atoms with Crippen molar-refractivity contribution in [1.82, 2.24) is 9.88 Å². The maximum atomic E-state index is 12.5. The SMILES string of the molecule is CCC(C)CN(C)C(=O)c1sc2nccc(C)c2c1N. The van der Waals surface area contributed by atoms with E-state index in [-0.39, 0.29) is 5.91 Å². The molecule has 0 aliphatic heterocycles. The van der Waals surface area contributed by atoms with Crippen molar-refractivity contribution in [2.24, 2.45) is 5.92 Å². The van der Waals surface area contributed by atoms with E-state index in [0.717, 1.165) is 28.7 Å². The Kier molecular flexibility index (Phi) is 4.28. The van der Waals surface area contributed by atoms with Crippen LogP contribution in [0.25, 0.3) is 10.2 Å². The zero-order valence-electron chi connectivity index (χ0n) is 12.4. The molecule has 0 bridgehead atoms. The van der Waals surface area contributed by atoms with Crippen molar-refractivity contribution in [3.05, 3.63) is 22.7 Å². The van der Waals surface area contributed by atoms with Crippen LogP contribution in [0.4, 0.5) is 5.69 Å². The number of amides is 1. The molecule has 0 saturated carbocycles. The highest BCUT2D eigenvalue weighted by molar-refractivity contribution is 7.21. The molecular weight excluding hydrogens is 270 g/mol. The van der Waals surface area contributed by atoms with Crippen LogP contribution in [-0.4, -0.2) is 29.4 Å². The second kappa shape index (κ2) is 5.79. The fourth-order valence-electron chi connectivity index (χ4n) is 2.22. The summed E-state index contributed by atoms with van der Waals surface area (Å²) in [6, 6.07) is 1.92. The van der Waals surface area contributed by atoms with Crippen molar-refractivity contribution >= 4 is 33.1 Å². The van der Waals surface area contributed by atoms with Crippen LogP contribution in [0.1, 0.15) is 35.5 Å². The molecule has 2 N–H and O–H groups in total. The summed E-state index contributed by atoms with van der Waals surface area (Å²) >= 11 is 1.38. The van der Waals surface area contributed by atoms with Gasteiger partial charge in [0.05, 0.1) is 5.69 Å². The Morgan fingerprint density at radius 3 is 2.85 bits per heavy atom. The number of aromatic nitrogens is 1. The molecule has 2 rings (SSSR count). The number of aryl methyl sites for hydroxylation is 1. The van der Waals surface area contributed by atoms with Gasteiger partial charge in [-0.25, -0.2) is 4.98 Å². The van der Waals surface area contributed by atoms with Crippen LogP contribution in [0.5, 0.6) is 0 Å². The summed E-state index contributed by atoms with van der Waals surface area (Å²) in [5.74, 6) is 0.476. The van der Waals surface area contributed by atoms with Crippen molar-refractivity contribution < 1.29 is 4.79 Å². The number of rotatable bonds is 4. The molecule has 20 heavy (non-hydrogen) atoms. The van der Waals surface area contributed by atoms with E-state index in [9.17, 15) is 4.79 Å². The first-order valence-corrected chi connectivity index (χ1v) is 7.66. The Morgan fingerprint density at radius 2 is 2.25 bits per heavy atom.